The van der Waals surface area contributed by atoms with Gasteiger partial charge < -0.3 is 9.80 Å². The van der Waals surface area contributed by atoms with E-state index in [1.807, 2.05) is 26.0 Å². The van der Waals surface area contributed by atoms with Gasteiger partial charge >= 0.3 is 0 Å². The summed E-state index contributed by atoms with van der Waals surface area (Å²) in [4.78, 5) is 35.6. The zero-order valence-corrected chi connectivity index (χ0v) is 17.8. The van der Waals surface area contributed by atoms with Crippen LogP contribution >= 0.6 is 11.6 Å². The smallest absolute Gasteiger partial charge is 0.270 e. The first-order valence-electron chi connectivity index (χ1n) is 9.67. The fraction of sp³-hybridized carbons (Fsp3) is 0.300. The van der Waals surface area contributed by atoms with Crippen molar-refractivity contribution in [2.24, 2.45) is 0 Å². The molecule has 0 N–H and O–H groups in total. The standard InChI is InChI=1S/C20H20ClN7O3/c1-13-9-14(2)27(24-13)19-11-18(22-12-23-19)25-5-7-26(8-6-25)20(29)16-4-3-15(28(30)31)10-17(16)21/h3-4,9-12H,5-8H2,1-2H3. The summed E-state index contributed by atoms with van der Waals surface area (Å²) in [5, 5.41) is 15.4. The molecule has 4 rings (SSSR count). The van der Waals surface area contributed by atoms with E-state index in [0.29, 0.717) is 32.0 Å². The lowest BCUT2D eigenvalue weighted by molar-refractivity contribution is -0.384. The second kappa shape index (κ2) is 8.31. The van der Waals surface area contributed by atoms with Gasteiger partial charge in [0.2, 0.25) is 0 Å². The third-order valence-corrected chi connectivity index (χ3v) is 5.46. The number of hydrogen-bond acceptors (Lipinski definition) is 7. The van der Waals surface area contributed by atoms with Crippen LogP contribution in [0.1, 0.15) is 21.7 Å². The molecule has 160 valence electrons. The number of benzene rings is 1. The number of anilines is 1. The van der Waals surface area contributed by atoms with Crippen LogP contribution in [0, 0.1) is 24.0 Å². The van der Waals surface area contributed by atoms with Gasteiger partial charge in [0.25, 0.3) is 11.6 Å². The van der Waals surface area contributed by atoms with E-state index in [2.05, 4.69) is 20.0 Å². The number of hydrogen-bond donors (Lipinski definition) is 0. The van der Waals surface area contributed by atoms with E-state index in [1.165, 1.54) is 24.5 Å². The SMILES string of the molecule is Cc1cc(C)n(-c2cc(N3CCN(C(=O)c4ccc([N+](=O)[O-])cc4Cl)CC3)ncn2)n1. The van der Waals surface area contributed by atoms with Gasteiger partial charge in [0.05, 0.1) is 21.2 Å². The van der Waals surface area contributed by atoms with Crippen LogP contribution < -0.4 is 4.90 Å². The van der Waals surface area contributed by atoms with E-state index < -0.39 is 4.92 Å². The van der Waals surface area contributed by atoms with Gasteiger partial charge in [-0.15, -0.1) is 0 Å². The lowest BCUT2D eigenvalue weighted by Crippen LogP contribution is -2.49. The summed E-state index contributed by atoms with van der Waals surface area (Å²) in [6.45, 7) is 6.03. The van der Waals surface area contributed by atoms with Crippen LogP contribution in [0.15, 0.2) is 36.7 Å². The first-order valence-corrected chi connectivity index (χ1v) is 10.0. The Hall–Kier alpha value is -3.53. The minimum Gasteiger partial charge on any atom is -0.353 e. The van der Waals surface area contributed by atoms with E-state index in [1.54, 1.807) is 9.58 Å². The molecule has 2 aromatic heterocycles. The molecule has 0 spiro atoms. The largest absolute Gasteiger partial charge is 0.353 e. The Morgan fingerprint density at radius 1 is 1.06 bits per heavy atom. The predicted octanol–water partition coefficient (Wildman–Crippen LogP) is 2.80. The molecular formula is C20H20ClN7O3. The number of amides is 1. The maximum absolute atomic E-state index is 12.8. The Morgan fingerprint density at radius 3 is 2.39 bits per heavy atom. The van der Waals surface area contributed by atoms with Gasteiger partial charge in [-0.2, -0.15) is 5.10 Å². The summed E-state index contributed by atoms with van der Waals surface area (Å²) in [5.74, 6) is 1.20. The Kier molecular flexibility index (Phi) is 5.55. The Morgan fingerprint density at radius 2 is 1.77 bits per heavy atom. The maximum atomic E-state index is 12.8. The fourth-order valence-corrected chi connectivity index (χ4v) is 3.84. The molecule has 3 heterocycles. The number of piperazine rings is 1. The molecule has 11 heteroatoms. The number of nitro benzene ring substituents is 1. The molecule has 1 aliphatic rings. The minimum atomic E-state index is -0.541. The number of rotatable bonds is 4. The van der Waals surface area contributed by atoms with E-state index in [4.69, 9.17) is 11.6 Å². The van der Waals surface area contributed by atoms with E-state index >= 15 is 0 Å². The molecule has 1 amide bonds. The summed E-state index contributed by atoms with van der Waals surface area (Å²) >= 11 is 6.11. The first-order chi connectivity index (χ1) is 14.8. The molecule has 0 bridgehead atoms. The van der Waals surface area contributed by atoms with Gasteiger partial charge in [-0.05, 0) is 26.0 Å². The third-order valence-electron chi connectivity index (χ3n) is 5.15. The van der Waals surface area contributed by atoms with E-state index in [-0.39, 0.29) is 22.2 Å². The van der Waals surface area contributed by atoms with Crippen LogP contribution in [0.4, 0.5) is 11.5 Å². The predicted molar refractivity (Wildman–Crippen MR) is 115 cm³/mol. The molecular weight excluding hydrogens is 422 g/mol. The van der Waals surface area contributed by atoms with Gasteiger partial charge in [0, 0.05) is 50.1 Å². The summed E-state index contributed by atoms with van der Waals surface area (Å²) < 4.78 is 1.77. The molecule has 1 aromatic carbocycles. The number of carbonyl (C=O) groups is 1. The molecule has 10 nitrogen and oxygen atoms in total. The Bertz CT molecular complexity index is 1160. The van der Waals surface area contributed by atoms with Crippen LogP contribution in [-0.2, 0) is 0 Å². The summed E-state index contributed by atoms with van der Waals surface area (Å²) in [6, 6.07) is 7.75. The highest BCUT2D eigenvalue weighted by molar-refractivity contribution is 6.34. The molecule has 1 aliphatic heterocycles. The number of carbonyl (C=O) groups excluding carboxylic acids is 1. The third kappa shape index (κ3) is 4.19. The van der Waals surface area contributed by atoms with Crippen molar-refractivity contribution in [2.75, 3.05) is 31.1 Å². The molecule has 0 unspecified atom stereocenters. The van der Waals surface area contributed by atoms with Crippen LogP contribution in [0.3, 0.4) is 0 Å². The monoisotopic (exact) mass is 441 g/mol. The van der Waals surface area contributed by atoms with Crippen molar-refractivity contribution < 1.29 is 9.72 Å². The molecule has 31 heavy (non-hydrogen) atoms. The van der Waals surface area contributed by atoms with Crippen LogP contribution in [0.2, 0.25) is 5.02 Å². The number of non-ortho nitro benzene ring substituents is 1. The van der Waals surface area contributed by atoms with Crippen LogP contribution in [-0.4, -0.2) is 61.7 Å². The van der Waals surface area contributed by atoms with Gasteiger partial charge in [0.1, 0.15) is 12.1 Å². The highest BCUT2D eigenvalue weighted by Gasteiger charge is 2.25. The lowest BCUT2D eigenvalue weighted by atomic mass is 10.1. The van der Waals surface area contributed by atoms with Crippen LogP contribution in [0.25, 0.3) is 5.82 Å². The lowest BCUT2D eigenvalue weighted by Gasteiger charge is -2.35. The zero-order valence-electron chi connectivity index (χ0n) is 17.0. The van der Waals surface area contributed by atoms with Crippen molar-refractivity contribution in [1.82, 2.24) is 24.6 Å². The molecule has 0 radical (unpaired) electrons. The van der Waals surface area contributed by atoms with E-state index in [9.17, 15) is 14.9 Å². The van der Waals surface area contributed by atoms with Crippen molar-refractivity contribution in [3.63, 3.8) is 0 Å². The molecule has 0 atom stereocenters. The average Bonchev–Trinajstić information content (AvgIpc) is 3.11. The number of nitro groups is 1. The molecule has 3 aromatic rings. The zero-order chi connectivity index (χ0) is 22.1. The molecule has 1 fully saturated rings. The minimum absolute atomic E-state index is 0.0759. The van der Waals surface area contributed by atoms with Gasteiger partial charge in [-0.3, -0.25) is 14.9 Å². The number of nitrogens with zero attached hydrogens (tertiary/aromatic N) is 7. The summed E-state index contributed by atoms with van der Waals surface area (Å²) in [7, 11) is 0. The number of aromatic nitrogens is 4. The number of aryl methyl sites for hydroxylation is 2. The van der Waals surface area contributed by atoms with Crippen molar-refractivity contribution in [3.8, 4) is 5.82 Å². The highest BCUT2D eigenvalue weighted by Crippen LogP contribution is 2.25. The topological polar surface area (TPSA) is 110 Å². The van der Waals surface area contributed by atoms with Gasteiger partial charge in [0.15, 0.2) is 5.82 Å². The summed E-state index contributed by atoms with van der Waals surface area (Å²) in [6.07, 6.45) is 1.51. The van der Waals surface area contributed by atoms with Crippen molar-refractivity contribution in [1.29, 1.82) is 0 Å². The van der Waals surface area contributed by atoms with Gasteiger partial charge in [-0.1, -0.05) is 11.6 Å². The summed E-state index contributed by atoms with van der Waals surface area (Å²) in [5.41, 5.74) is 2.01. The highest BCUT2D eigenvalue weighted by atomic mass is 35.5. The normalized spacial score (nSPS) is 14.0. The van der Waals surface area contributed by atoms with Gasteiger partial charge in [-0.25, -0.2) is 14.6 Å². The second-order valence-electron chi connectivity index (χ2n) is 7.27. The Balaban J connectivity index is 1.45. The van der Waals surface area contributed by atoms with Crippen molar-refractivity contribution >= 4 is 29.0 Å². The average molecular weight is 442 g/mol. The molecule has 0 saturated carbocycles. The van der Waals surface area contributed by atoms with Crippen molar-refractivity contribution in [2.45, 2.75) is 13.8 Å². The number of halogens is 1. The van der Waals surface area contributed by atoms with Crippen molar-refractivity contribution in [3.05, 3.63) is 68.7 Å². The fourth-order valence-electron chi connectivity index (χ4n) is 3.59. The first kappa shape index (κ1) is 20.7. The van der Waals surface area contributed by atoms with Crippen LogP contribution in [0.5, 0.6) is 0 Å². The molecule has 1 saturated heterocycles. The van der Waals surface area contributed by atoms with E-state index in [0.717, 1.165) is 17.2 Å². The Labute approximate surface area is 183 Å². The second-order valence-corrected chi connectivity index (χ2v) is 7.68. The maximum Gasteiger partial charge on any atom is 0.270 e. The quantitative estimate of drug-likeness (QED) is 0.452. The molecule has 0 aliphatic carbocycles.